The largest absolute Gasteiger partial charge is 0.487 e. The molecule has 2 heteroatoms. The van der Waals surface area contributed by atoms with Crippen LogP contribution in [0.2, 0.25) is 0 Å². The maximum Gasteiger partial charge on any atom is 0.120 e. The molecule has 0 atom stereocenters. The minimum Gasteiger partial charge on any atom is -0.487 e. The van der Waals surface area contributed by atoms with E-state index in [0.717, 1.165) is 31.7 Å². The molecule has 0 aromatic heterocycles. The van der Waals surface area contributed by atoms with E-state index in [1.807, 2.05) is 0 Å². The van der Waals surface area contributed by atoms with E-state index >= 15 is 0 Å². The van der Waals surface area contributed by atoms with Gasteiger partial charge in [-0.15, -0.1) is 0 Å². The quantitative estimate of drug-likeness (QED) is 0.702. The lowest BCUT2D eigenvalue weighted by molar-refractivity contribution is -0.0141. The Morgan fingerprint density at radius 1 is 1.14 bits per heavy atom. The fourth-order valence-electron chi connectivity index (χ4n) is 2.90. The summed E-state index contributed by atoms with van der Waals surface area (Å²) < 4.78 is 6.35. The molecular weight excluding hydrogens is 258 g/mol. The van der Waals surface area contributed by atoms with Gasteiger partial charge in [0.25, 0.3) is 0 Å². The zero-order valence-electron chi connectivity index (χ0n) is 14.2. The first-order chi connectivity index (χ1) is 10.0. The standard InChI is InChI=1S/C19H31NO/c1-5-18(3,4)16-8-10-17(11-9-16)21-19(12-7-13-19)14-15-20-6-2/h8-11,20H,5-7,12-15H2,1-4H3. The molecule has 0 spiro atoms. The molecule has 21 heavy (non-hydrogen) atoms. The van der Waals surface area contributed by atoms with Crippen molar-refractivity contribution in [2.24, 2.45) is 0 Å². The topological polar surface area (TPSA) is 21.3 Å². The van der Waals surface area contributed by atoms with Crippen molar-refractivity contribution in [2.75, 3.05) is 13.1 Å². The van der Waals surface area contributed by atoms with Gasteiger partial charge in [-0.2, -0.15) is 0 Å². The lowest BCUT2D eigenvalue weighted by atomic mass is 9.77. The Morgan fingerprint density at radius 2 is 1.81 bits per heavy atom. The van der Waals surface area contributed by atoms with Crippen molar-refractivity contribution >= 4 is 0 Å². The average molecular weight is 289 g/mol. The number of nitrogens with one attached hydrogen (secondary N) is 1. The Labute approximate surface area is 130 Å². The van der Waals surface area contributed by atoms with Crippen molar-refractivity contribution < 1.29 is 4.74 Å². The van der Waals surface area contributed by atoms with Crippen LogP contribution in [0.4, 0.5) is 0 Å². The summed E-state index contributed by atoms with van der Waals surface area (Å²) in [7, 11) is 0. The van der Waals surface area contributed by atoms with Gasteiger partial charge in [0.15, 0.2) is 0 Å². The van der Waals surface area contributed by atoms with Crippen molar-refractivity contribution in [3.05, 3.63) is 29.8 Å². The number of hydrogen-bond acceptors (Lipinski definition) is 2. The third-order valence-corrected chi connectivity index (χ3v) is 5.13. The van der Waals surface area contributed by atoms with Gasteiger partial charge >= 0.3 is 0 Å². The van der Waals surface area contributed by atoms with Crippen LogP contribution >= 0.6 is 0 Å². The first-order valence-electron chi connectivity index (χ1n) is 8.52. The Kier molecular flexibility index (Phi) is 5.32. The molecule has 2 rings (SSSR count). The van der Waals surface area contributed by atoms with Crippen molar-refractivity contribution in [3.8, 4) is 5.75 Å². The zero-order chi connectivity index (χ0) is 15.3. The zero-order valence-corrected chi connectivity index (χ0v) is 14.2. The highest BCUT2D eigenvalue weighted by atomic mass is 16.5. The highest BCUT2D eigenvalue weighted by molar-refractivity contribution is 5.32. The Balaban J connectivity index is 1.99. The molecule has 0 bridgehead atoms. The smallest absolute Gasteiger partial charge is 0.120 e. The van der Waals surface area contributed by atoms with Gasteiger partial charge in [0.2, 0.25) is 0 Å². The van der Waals surface area contributed by atoms with Crippen LogP contribution in [0.5, 0.6) is 5.75 Å². The molecule has 0 unspecified atom stereocenters. The third-order valence-electron chi connectivity index (χ3n) is 5.13. The lowest BCUT2D eigenvalue weighted by Gasteiger charge is -2.42. The van der Waals surface area contributed by atoms with Crippen LogP contribution in [0.3, 0.4) is 0 Å². The Morgan fingerprint density at radius 3 is 2.29 bits per heavy atom. The molecule has 0 aliphatic heterocycles. The van der Waals surface area contributed by atoms with Gasteiger partial charge in [-0.3, -0.25) is 0 Å². The van der Waals surface area contributed by atoms with E-state index in [2.05, 4.69) is 57.3 Å². The Hall–Kier alpha value is -1.02. The molecule has 1 aliphatic carbocycles. The molecule has 0 amide bonds. The summed E-state index contributed by atoms with van der Waals surface area (Å²) in [6.07, 6.45) is 5.96. The maximum absolute atomic E-state index is 6.35. The SMILES string of the molecule is CCNCCC1(Oc2ccc(C(C)(C)CC)cc2)CCC1. The highest BCUT2D eigenvalue weighted by Crippen LogP contribution is 2.39. The summed E-state index contributed by atoms with van der Waals surface area (Å²) in [6.45, 7) is 11.1. The van der Waals surface area contributed by atoms with Crippen molar-refractivity contribution in [1.82, 2.24) is 5.32 Å². The van der Waals surface area contributed by atoms with Gasteiger partial charge in [-0.25, -0.2) is 0 Å². The van der Waals surface area contributed by atoms with Crippen LogP contribution in [-0.2, 0) is 5.41 Å². The second kappa shape index (κ2) is 6.83. The normalized spacial score (nSPS) is 17.3. The van der Waals surface area contributed by atoms with E-state index in [4.69, 9.17) is 4.74 Å². The van der Waals surface area contributed by atoms with Crippen LogP contribution in [0, 0.1) is 0 Å². The van der Waals surface area contributed by atoms with Gasteiger partial charge in [0.1, 0.15) is 11.4 Å². The summed E-state index contributed by atoms with van der Waals surface area (Å²) in [6, 6.07) is 8.77. The van der Waals surface area contributed by atoms with Gasteiger partial charge < -0.3 is 10.1 Å². The fraction of sp³-hybridized carbons (Fsp3) is 0.684. The highest BCUT2D eigenvalue weighted by Gasteiger charge is 2.38. The molecule has 118 valence electrons. The van der Waals surface area contributed by atoms with Crippen LogP contribution in [0.1, 0.15) is 65.4 Å². The van der Waals surface area contributed by atoms with Crippen LogP contribution < -0.4 is 10.1 Å². The van der Waals surface area contributed by atoms with Crippen molar-refractivity contribution in [1.29, 1.82) is 0 Å². The van der Waals surface area contributed by atoms with Crippen LogP contribution in [-0.4, -0.2) is 18.7 Å². The predicted octanol–water partition coefficient (Wildman–Crippen LogP) is 4.68. The number of rotatable bonds is 8. The van der Waals surface area contributed by atoms with E-state index in [9.17, 15) is 0 Å². The molecular formula is C19H31NO. The molecule has 1 aromatic rings. The maximum atomic E-state index is 6.35. The molecule has 1 aromatic carbocycles. The Bertz CT molecular complexity index is 431. The minimum absolute atomic E-state index is 0.0873. The van der Waals surface area contributed by atoms with Gasteiger partial charge in [0, 0.05) is 0 Å². The molecule has 2 nitrogen and oxygen atoms in total. The van der Waals surface area contributed by atoms with Gasteiger partial charge in [-0.1, -0.05) is 39.8 Å². The summed E-state index contributed by atoms with van der Waals surface area (Å²) in [4.78, 5) is 0. The molecule has 1 aliphatic rings. The first kappa shape index (κ1) is 16.4. The second-order valence-electron chi connectivity index (χ2n) is 7.00. The number of hydrogen-bond donors (Lipinski definition) is 1. The molecule has 1 fully saturated rings. The number of ether oxygens (including phenoxy) is 1. The van der Waals surface area contributed by atoms with Crippen LogP contribution in [0.15, 0.2) is 24.3 Å². The minimum atomic E-state index is 0.0873. The molecule has 1 N–H and O–H groups in total. The monoisotopic (exact) mass is 289 g/mol. The summed E-state index contributed by atoms with van der Waals surface area (Å²) >= 11 is 0. The lowest BCUT2D eigenvalue weighted by Crippen LogP contribution is -2.45. The second-order valence-corrected chi connectivity index (χ2v) is 7.00. The van der Waals surface area contributed by atoms with Crippen molar-refractivity contribution in [2.45, 2.75) is 70.8 Å². The summed E-state index contributed by atoms with van der Waals surface area (Å²) in [5, 5.41) is 3.41. The predicted molar refractivity (Wildman–Crippen MR) is 90.1 cm³/mol. The van der Waals surface area contributed by atoms with E-state index in [1.165, 1.54) is 24.8 Å². The van der Waals surface area contributed by atoms with Gasteiger partial charge in [-0.05, 0) is 68.3 Å². The van der Waals surface area contributed by atoms with Crippen LogP contribution in [0.25, 0.3) is 0 Å². The fourth-order valence-corrected chi connectivity index (χ4v) is 2.90. The molecule has 0 radical (unpaired) electrons. The summed E-state index contributed by atoms with van der Waals surface area (Å²) in [5.41, 5.74) is 1.73. The van der Waals surface area contributed by atoms with E-state index in [-0.39, 0.29) is 11.0 Å². The third kappa shape index (κ3) is 4.00. The van der Waals surface area contributed by atoms with E-state index in [1.54, 1.807) is 0 Å². The average Bonchev–Trinajstić information content (AvgIpc) is 2.45. The summed E-state index contributed by atoms with van der Waals surface area (Å²) in [5.74, 6) is 1.03. The van der Waals surface area contributed by atoms with E-state index < -0.39 is 0 Å². The molecule has 0 saturated heterocycles. The molecule has 0 heterocycles. The number of benzene rings is 1. The van der Waals surface area contributed by atoms with Crippen molar-refractivity contribution in [3.63, 3.8) is 0 Å². The van der Waals surface area contributed by atoms with Gasteiger partial charge in [0.05, 0.1) is 0 Å². The first-order valence-corrected chi connectivity index (χ1v) is 8.52. The van der Waals surface area contributed by atoms with E-state index in [0.29, 0.717) is 0 Å². The molecule has 1 saturated carbocycles.